The zero-order valence-corrected chi connectivity index (χ0v) is 8.73. The minimum absolute atomic E-state index is 0.410. The molecule has 0 radical (unpaired) electrons. The number of hydrogen-bond acceptors (Lipinski definition) is 4. The van der Waals surface area contributed by atoms with E-state index in [9.17, 15) is 0 Å². The second-order valence-corrected chi connectivity index (χ2v) is 3.49. The number of nitrogens with zero attached hydrogens (tertiary/aromatic N) is 3. The lowest BCUT2D eigenvalue weighted by atomic mass is 10.0. The summed E-state index contributed by atoms with van der Waals surface area (Å²) in [6, 6.07) is 6.06. The third-order valence-corrected chi connectivity index (χ3v) is 2.43. The number of rotatable bonds is 1. The summed E-state index contributed by atoms with van der Waals surface area (Å²) < 4.78 is 0. The van der Waals surface area contributed by atoms with Crippen molar-refractivity contribution in [1.82, 2.24) is 15.2 Å². The molecule has 2 rings (SSSR count). The van der Waals surface area contributed by atoms with E-state index in [-0.39, 0.29) is 0 Å². The zero-order valence-electron chi connectivity index (χ0n) is 8.73. The fraction of sp³-hybridized carbons (Fsp3) is 0.182. The van der Waals surface area contributed by atoms with Crippen molar-refractivity contribution in [3.05, 3.63) is 35.7 Å². The zero-order chi connectivity index (χ0) is 10.8. The van der Waals surface area contributed by atoms with Gasteiger partial charge in [0.1, 0.15) is 12.0 Å². The van der Waals surface area contributed by atoms with E-state index in [1.807, 2.05) is 18.2 Å². The molecule has 0 aliphatic carbocycles. The average molecular weight is 200 g/mol. The summed E-state index contributed by atoms with van der Waals surface area (Å²) in [4.78, 5) is 3.91. The van der Waals surface area contributed by atoms with Crippen LogP contribution in [0.3, 0.4) is 0 Å². The second kappa shape index (κ2) is 3.65. The highest BCUT2D eigenvalue weighted by Gasteiger charge is 2.06. The van der Waals surface area contributed by atoms with E-state index in [4.69, 9.17) is 5.73 Å². The standard InChI is InChI=1S/C11H12N4/c1-7-3-4-9(5-8(7)2)10-11(12)13-6-14-15-10/h3-6H,1-2H3,(H2,12,13,14). The first-order chi connectivity index (χ1) is 7.18. The molecule has 0 aliphatic rings. The number of nitrogens with two attached hydrogens (primary N) is 1. The summed E-state index contributed by atoms with van der Waals surface area (Å²) in [5.74, 6) is 0.410. The van der Waals surface area contributed by atoms with Gasteiger partial charge >= 0.3 is 0 Å². The van der Waals surface area contributed by atoms with Crippen LogP contribution in [0.4, 0.5) is 5.82 Å². The summed E-state index contributed by atoms with van der Waals surface area (Å²) in [7, 11) is 0. The molecule has 0 bridgehead atoms. The van der Waals surface area contributed by atoms with Gasteiger partial charge in [-0.1, -0.05) is 12.1 Å². The van der Waals surface area contributed by atoms with Crippen molar-refractivity contribution in [2.75, 3.05) is 5.73 Å². The van der Waals surface area contributed by atoms with Gasteiger partial charge in [-0.3, -0.25) is 0 Å². The predicted octanol–water partition coefficient (Wildman–Crippen LogP) is 1.74. The molecule has 0 amide bonds. The van der Waals surface area contributed by atoms with Gasteiger partial charge in [0.05, 0.1) is 0 Å². The third kappa shape index (κ3) is 1.79. The molecule has 2 N–H and O–H groups in total. The Morgan fingerprint density at radius 3 is 2.60 bits per heavy atom. The van der Waals surface area contributed by atoms with Crippen molar-refractivity contribution in [2.45, 2.75) is 13.8 Å². The van der Waals surface area contributed by atoms with Gasteiger partial charge in [0.15, 0.2) is 5.82 Å². The lowest BCUT2D eigenvalue weighted by Gasteiger charge is -2.05. The molecule has 15 heavy (non-hydrogen) atoms. The molecule has 0 saturated carbocycles. The Bertz CT molecular complexity index is 494. The minimum Gasteiger partial charge on any atom is -0.382 e. The van der Waals surface area contributed by atoms with Crippen molar-refractivity contribution < 1.29 is 0 Å². The predicted molar refractivity (Wildman–Crippen MR) is 59.1 cm³/mol. The highest BCUT2D eigenvalue weighted by Crippen LogP contribution is 2.22. The van der Waals surface area contributed by atoms with E-state index in [0.29, 0.717) is 11.5 Å². The van der Waals surface area contributed by atoms with Crippen LogP contribution < -0.4 is 5.73 Å². The third-order valence-electron chi connectivity index (χ3n) is 2.43. The van der Waals surface area contributed by atoms with Crippen LogP contribution in [0.25, 0.3) is 11.3 Å². The SMILES string of the molecule is Cc1ccc(-c2nncnc2N)cc1C. The van der Waals surface area contributed by atoms with E-state index in [1.165, 1.54) is 17.5 Å². The van der Waals surface area contributed by atoms with Crippen molar-refractivity contribution in [1.29, 1.82) is 0 Å². The van der Waals surface area contributed by atoms with Crippen LogP contribution in [0.1, 0.15) is 11.1 Å². The number of aryl methyl sites for hydroxylation is 2. The van der Waals surface area contributed by atoms with Gasteiger partial charge in [-0.05, 0) is 31.0 Å². The molecule has 0 unspecified atom stereocenters. The Morgan fingerprint density at radius 1 is 1.13 bits per heavy atom. The number of benzene rings is 1. The van der Waals surface area contributed by atoms with Crippen LogP contribution in [0, 0.1) is 13.8 Å². The first-order valence-corrected chi connectivity index (χ1v) is 4.69. The van der Waals surface area contributed by atoms with Crippen molar-refractivity contribution >= 4 is 5.82 Å². The highest BCUT2D eigenvalue weighted by molar-refractivity contribution is 5.69. The molecule has 1 heterocycles. The van der Waals surface area contributed by atoms with Gasteiger partial charge < -0.3 is 5.73 Å². The molecule has 2 aromatic rings. The Balaban J connectivity index is 2.55. The van der Waals surface area contributed by atoms with Gasteiger partial charge in [0.25, 0.3) is 0 Å². The normalized spacial score (nSPS) is 10.3. The summed E-state index contributed by atoms with van der Waals surface area (Å²) in [6.07, 6.45) is 1.35. The fourth-order valence-electron chi connectivity index (χ4n) is 1.38. The molecule has 4 heteroatoms. The number of nitrogen functional groups attached to an aromatic ring is 1. The summed E-state index contributed by atoms with van der Waals surface area (Å²) in [5, 5.41) is 7.71. The first-order valence-electron chi connectivity index (χ1n) is 4.69. The van der Waals surface area contributed by atoms with Crippen LogP contribution in [0.15, 0.2) is 24.5 Å². The first kappa shape index (κ1) is 9.58. The Kier molecular flexibility index (Phi) is 2.33. The number of aromatic nitrogens is 3. The molecular weight excluding hydrogens is 188 g/mol. The maximum absolute atomic E-state index is 5.73. The summed E-state index contributed by atoms with van der Waals surface area (Å²) >= 11 is 0. The molecular formula is C11H12N4. The molecule has 0 spiro atoms. The average Bonchev–Trinajstić information content (AvgIpc) is 2.23. The largest absolute Gasteiger partial charge is 0.382 e. The molecule has 0 aliphatic heterocycles. The molecule has 1 aromatic carbocycles. The van der Waals surface area contributed by atoms with Crippen LogP contribution in [0.5, 0.6) is 0 Å². The molecule has 0 saturated heterocycles. The van der Waals surface area contributed by atoms with Crippen LogP contribution in [0.2, 0.25) is 0 Å². The smallest absolute Gasteiger partial charge is 0.153 e. The van der Waals surface area contributed by atoms with E-state index >= 15 is 0 Å². The topological polar surface area (TPSA) is 64.7 Å². The fourth-order valence-corrected chi connectivity index (χ4v) is 1.38. The Morgan fingerprint density at radius 2 is 1.93 bits per heavy atom. The van der Waals surface area contributed by atoms with Gasteiger partial charge in [-0.15, -0.1) is 10.2 Å². The lowest BCUT2D eigenvalue weighted by molar-refractivity contribution is 0.983. The van der Waals surface area contributed by atoms with Gasteiger partial charge in [-0.2, -0.15) is 0 Å². The van der Waals surface area contributed by atoms with Gasteiger partial charge in [0.2, 0.25) is 0 Å². The van der Waals surface area contributed by atoms with Crippen LogP contribution in [-0.4, -0.2) is 15.2 Å². The number of hydrogen-bond donors (Lipinski definition) is 1. The monoisotopic (exact) mass is 200 g/mol. The summed E-state index contributed by atoms with van der Waals surface area (Å²) in [5.41, 5.74) is 9.77. The molecule has 1 aromatic heterocycles. The quantitative estimate of drug-likeness (QED) is 0.761. The second-order valence-electron chi connectivity index (χ2n) is 3.49. The Hall–Kier alpha value is -1.97. The van der Waals surface area contributed by atoms with Crippen LogP contribution in [-0.2, 0) is 0 Å². The van der Waals surface area contributed by atoms with Gasteiger partial charge in [-0.25, -0.2) is 4.98 Å². The van der Waals surface area contributed by atoms with E-state index in [0.717, 1.165) is 5.56 Å². The molecule has 0 fully saturated rings. The van der Waals surface area contributed by atoms with Crippen LogP contribution >= 0.6 is 0 Å². The number of anilines is 1. The lowest BCUT2D eigenvalue weighted by Crippen LogP contribution is -1.98. The molecule has 4 nitrogen and oxygen atoms in total. The van der Waals surface area contributed by atoms with Crippen molar-refractivity contribution in [3.8, 4) is 11.3 Å². The minimum atomic E-state index is 0.410. The Labute approximate surface area is 88.2 Å². The van der Waals surface area contributed by atoms with Gasteiger partial charge in [0, 0.05) is 5.56 Å². The van der Waals surface area contributed by atoms with E-state index < -0.39 is 0 Å². The van der Waals surface area contributed by atoms with E-state index in [1.54, 1.807) is 0 Å². The van der Waals surface area contributed by atoms with E-state index in [2.05, 4.69) is 29.0 Å². The summed E-state index contributed by atoms with van der Waals surface area (Å²) in [6.45, 7) is 4.12. The maximum atomic E-state index is 5.73. The maximum Gasteiger partial charge on any atom is 0.153 e. The molecule has 76 valence electrons. The van der Waals surface area contributed by atoms with Crippen molar-refractivity contribution in [2.24, 2.45) is 0 Å². The highest BCUT2D eigenvalue weighted by atomic mass is 15.1. The molecule has 0 atom stereocenters. The van der Waals surface area contributed by atoms with Crippen molar-refractivity contribution in [3.63, 3.8) is 0 Å².